The van der Waals surface area contributed by atoms with E-state index in [9.17, 15) is 0 Å². The first-order valence-corrected chi connectivity index (χ1v) is 8.53. The van der Waals surface area contributed by atoms with Crippen molar-refractivity contribution >= 4 is 30.1 Å². The average molecular weight is 296 g/mol. The molecule has 0 radical (unpaired) electrons. The Balaban J connectivity index is 2.09. The van der Waals surface area contributed by atoms with Crippen LogP contribution in [0, 0.1) is 17.3 Å². The van der Waals surface area contributed by atoms with Crippen molar-refractivity contribution in [1.82, 2.24) is 0 Å². The van der Waals surface area contributed by atoms with E-state index in [2.05, 4.69) is 28.1 Å². The highest BCUT2D eigenvalue weighted by molar-refractivity contribution is 14.2. The van der Waals surface area contributed by atoms with Crippen LogP contribution in [0.2, 0.25) is 0 Å². The standard InChI is InChI=1S/C10H17IS/c1-8-5-9-3-2-4-10(9,6-8)7-12-11/h8-9H,2-7H2,1H3. The normalized spacial score (nSPS) is 46.5. The van der Waals surface area contributed by atoms with E-state index in [0.717, 1.165) is 17.3 Å². The largest absolute Gasteiger partial charge is 0.0888 e. The third-order valence-electron chi connectivity index (χ3n) is 3.88. The first-order chi connectivity index (χ1) is 5.77. The second kappa shape index (κ2) is 3.68. The number of fused-ring (bicyclic) bond motifs is 1. The summed E-state index contributed by atoms with van der Waals surface area (Å²) in [7, 11) is 2.04. The fourth-order valence-corrected chi connectivity index (χ4v) is 6.04. The molecule has 0 aromatic carbocycles. The van der Waals surface area contributed by atoms with Gasteiger partial charge in [0.25, 0.3) is 0 Å². The van der Waals surface area contributed by atoms with Crippen LogP contribution in [0.3, 0.4) is 0 Å². The summed E-state index contributed by atoms with van der Waals surface area (Å²) in [4.78, 5) is 0. The molecule has 0 aliphatic heterocycles. The first kappa shape index (κ1) is 9.63. The van der Waals surface area contributed by atoms with Gasteiger partial charge in [0, 0.05) is 5.75 Å². The number of halogens is 1. The van der Waals surface area contributed by atoms with Crippen molar-refractivity contribution in [3.63, 3.8) is 0 Å². The minimum Gasteiger partial charge on any atom is -0.0888 e. The van der Waals surface area contributed by atoms with Crippen LogP contribution in [0.15, 0.2) is 0 Å². The summed E-state index contributed by atoms with van der Waals surface area (Å²) >= 11 is 2.47. The van der Waals surface area contributed by atoms with Gasteiger partial charge in [0.1, 0.15) is 0 Å². The van der Waals surface area contributed by atoms with Crippen molar-refractivity contribution in [2.45, 2.75) is 39.0 Å². The van der Waals surface area contributed by atoms with E-state index in [-0.39, 0.29) is 0 Å². The highest BCUT2D eigenvalue weighted by atomic mass is 127. The molecule has 2 saturated carbocycles. The summed E-state index contributed by atoms with van der Waals surface area (Å²) in [6.07, 6.45) is 7.61. The monoisotopic (exact) mass is 296 g/mol. The van der Waals surface area contributed by atoms with Gasteiger partial charge in [0.2, 0.25) is 0 Å². The molecule has 2 aliphatic carbocycles. The smallest absolute Gasteiger partial charge is 0.00929 e. The number of hydrogen-bond donors (Lipinski definition) is 0. The lowest BCUT2D eigenvalue weighted by molar-refractivity contribution is 0.282. The van der Waals surface area contributed by atoms with Gasteiger partial charge in [-0.3, -0.25) is 0 Å². The predicted molar refractivity (Wildman–Crippen MR) is 64.7 cm³/mol. The van der Waals surface area contributed by atoms with Gasteiger partial charge in [-0.2, -0.15) is 0 Å². The summed E-state index contributed by atoms with van der Waals surface area (Å²) in [5, 5.41) is 0. The SMILES string of the molecule is CC1CC2CCCC2(CSI)C1. The Morgan fingerprint density at radius 3 is 3.17 bits per heavy atom. The minimum absolute atomic E-state index is 0.783. The molecule has 0 N–H and O–H groups in total. The van der Waals surface area contributed by atoms with Crippen LogP contribution < -0.4 is 0 Å². The molecule has 0 heterocycles. The molecule has 0 saturated heterocycles. The third kappa shape index (κ3) is 1.54. The molecule has 0 aromatic heterocycles. The second-order valence-electron chi connectivity index (χ2n) is 4.75. The van der Waals surface area contributed by atoms with E-state index >= 15 is 0 Å². The summed E-state index contributed by atoms with van der Waals surface area (Å²) in [6.45, 7) is 2.44. The van der Waals surface area contributed by atoms with E-state index in [4.69, 9.17) is 0 Å². The highest BCUT2D eigenvalue weighted by Gasteiger charge is 2.48. The van der Waals surface area contributed by atoms with Gasteiger partial charge in [-0.1, -0.05) is 22.3 Å². The highest BCUT2D eigenvalue weighted by Crippen LogP contribution is 2.57. The maximum atomic E-state index is 2.47. The van der Waals surface area contributed by atoms with Crippen molar-refractivity contribution in [2.24, 2.45) is 17.3 Å². The van der Waals surface area contributed by atoms with E-state index < -0.39 is 0 Å². The van der Waals surface area contributed by atoms with Crippen molar-refractivity contribution in [1.29, 1.82) is 0 Å². The van der Waals surface area contributed by atoms with Crippen molar-refractivity contribution in [3.05, 3.63) is 0 Å². The molecule has 2 heteroatoms. The summed E-state index contributed by atoms with van der Waals surface area (Å²) in [6, 6.07) is 0. The van der Waals surface area contributed by atoms with E-state index in [0.29, 0.717) is 0 Å². The maximum Gasteiger partial charge on any atom is 0.00929 e. The van der Waals surface area contributed by atoms with Crippen LogP contribution in [0.5, 0.6) is 0 Å². The summed E-state index contributed by atoms with van der Waals surface area (Å²) in [5.74, 6) is 3.52. The zero-order chi connectivity index (χ0) is 8.60. The Morgan fingerprint density at radius 1 is 1.58 bits per heavy atom. The van der Waals surface area contributed by atoms with Crippen LogP contribution >= 0.6 is 30.1 Å². The Kier molecular flexibility index (Phi) is 2.95. The molecule has 0 amide bonds. The lowest BCUT2D eigenvalue weighted by atomic mass is 9.82. The van der Waals surface area contributed by atoms with Crippen molar-refractivity contribution < 1.29 is 0 Å². The Bertz CT molecular complexity index is 171. The molecular weight excluding hydrogens is 279 g/mol. The average Bonchev–Trinajstić information content (AvgIpc) is 2.44. The van der Waals surface area contributed by atoms with Crippen LogP contribution in [-0.2, 0) is 0 Å². The van der Waals surface area contributed by atoms with E-state index in [1.807, 2.05) is 8.93 Å². The first-order valence-electron chi connectivity index (χ1n) is 5.00. The Morgan fingerprint density at radius 2 is 2.42 bits per heavy atom. The topological polar surface area (TPSA) is 0 Å². The van der Waals surface area contributed by atoms with Crippen LogP contribution in [0.4, 0.5) is 0 Å². The van der Waals surface area contributed by atoms with Gasteiger partial charge >= 0.3 is 0 Å². The molecule has 2 aliphatic rings. The molecule has 2 fully saturated rings. The molecule has 2 rings (SSSR count). The van der Waals surface area contributed by atoms with Gasteiger partial charge in [-0.15, -0.1) is 0 Å². The van der Waals surface area contributed by atoms with Crippen LogP contribution in [0.1, 0.15) is 39.0 Å². The molecular formula is C10H17IS. The summed E-state index contributed by atoms with van der Waals surface area (Å²) in [5.41, 5.74) is 0.783. The minimum atomic E-state index is 0.783. The van der Waals surface area contributed by atoms with Crippen molar-refractivity contribution in [2.75, 3.05) is 5.75 Å². The molecule has 12 heavy (non-hydrogen) atoms. The Labute approximate surface area is 91.8 Å². The van der Waals surface area contributed by atoms with Gasteiger partial charge < -0.3 is 0 Å². The van der Waals surface area contributed by atoms with Gasteiger partial charge in [0.05, 0.1) is 0 Å². The molecule has 0 aromatic rings. The summed E-state index contributed by atoms with van der Waals surface area (Å²) < 4.78 is 0. The number of hydrogen-bond acceptors (Lipinski definition) is 1. The molecule has 3 unspecified atom stereocenters. The predicted octanol–water partition coefficient (Wildman–Crippen LogP) is 4.29. The molecule has 0 nitrogen and oxygen atoms in total. The molecule has 3 atom stereocenters. The third-order valence-corrected chi connectivity index (χ3v) is 5.50. The van der Waals surface area contributed by atoms with Gasteiger partial charge in [0.15, 0.2) is 0 Å². The van der Waals surface area contributed by atoms with Crippen molar-refractivity contribution in [3.8, 4) is 0 Å². The van der Waals surface area contributed by atoms with Crippen LogP contribution in [0.25, 0.3) is 0 Å². The van der Waals surface area contributed by atoms with Gasteiger partial charge in [-0.25, -0.2) is 0 Å². The fourth-order valence-electron chi connectivity index (χ4n) is 3.47. The lowest BCUT2D eigenvalue weighted by Crippen LogP contribution is -2.22. The quantitative estimate of drug-likeness (QED) is 0.685. The zero-order valence-electron chi connectivity index (χ0n) is 7.68. The van der Waals surface area contributed by atoms with Gasteiger partial charge in [-0.05, 0) is 64.1 Å². The maximum absolute atomic E-state index is 2.47. The molecule has 70 valence electrons. The Hall–Kier alpha value is 1.08. The van der Waals surface area contributed by atoms with E-state index in [1.165, 1.54) is 37.9 Å². The molecule has 0 spiro atoms. The lowest BCUT2D eigenvalue weighted by Gasteiger charge is -2.27. The number of rotatable bonds is 2. The van der Waals surface area contributed by atoms with E-state index in [1.54, 1.807) is 0 Å². The zero-order valence-corrected chi connectivity index (χ0v) is 10.7. The molecule has 0 bridgehead atoms. The second-order valence-corrected chi connectivity index (χ2v) is 7.13. The fraction of sp³-hybridized carbons (Fsp3) is 1.00. The van der Waals surface area contributed by atoms with Crippen LogP contribution in [-0.4, -0.2) is 5.75 Å².